The van der Waals surface area contributed by atoms with Crippen LogP contribution in [0.2, 0.25) is 0 Å². The summed E-state index contributed by atoms with van der Waals surface area (Å²) in [7, 11) is 2.86. The molecule has 0 aromatic rings. The van der Waals surface area contributed by atoms with Gasteiger partial charge in [0, 0.05) is 26.2 Å². The zero-order valence-corrected chi connectivity index (χ0v) is 14.9. The highest BCUT2D eigenvalue weighted by atomic mass is 16.5. The summed E-state index contributed by atoms with van der Waals surface area (Å²) in [5.41, 5.74) is 0. The Labute approximate surface area is 144 Å². The molecule has 0 N–H and O–H groups in total. The molecular formula is C16H30N4O4. The Kier molecular flexibility index (Phi) is 7.58. The van der Waals surface area contributed by atoms with Crippen LogP contribution in [0.4, 0.5) is 9.59 Å². The van der Waals surface area contributed by atoms with Crippen molar-refractivity contribution < 1.29 is 19.1 Å². The molecule has 0 radical (unpaired) electrons. The van der Waals surface area contributed by atoms with Crippen LogP contribution in [0.25, 0.3) is 0 Å². The van der Waals surface area contributed by atoms with Gasteiger partial charge in [0.25, 0.3) is 0 Å². The van der Waals surface area contributed by atoms with Crippen LogP contribution in [0.3, 0.4) is 0 Å². The summed E-state index contributed by atoms with van der Waals surface area (Å²) in [6.45, 7) is 6.92. The first-order valence-electron chi connectivity index (χ1n) is 8.74. The average Bonchev–Trinajstić information content (AvgIpc) is 2.64. The fraction of sp³-hybridized carbons (Fsp3) is 0.875. The van der Waals surface area contributed by atoms with Crippen LogP contribution in [0.5, 0.6) is 0 Å². The molecule has 0 unspecified atom stereocenters. The van der Waals surface area contributed by atoms with Crippen molar-refractivity contribution in [2.45, 2.75) is 25.7 Å². The lowest BCUT2D eigenvalue weighted by Gasteiger charge is -2.36. The maximum Gasteiger partial charge on any atom is 0.410 e. The molecule has 0 aliphatic carbocycles. The maximum absolute atomic E-state index is 11.6. The number of carbonyl (C=O) groups is 2. The van der Waals surface area contributed by atoms with Gasteiger partial charge in [-0.1, -0.05) is 0 Å². The van der Waals surface area contributed by atoms with Gasteiger partial charge in [0.1, 0.15) is 0 Å². The number of rotatable bonds is 5. The minimum Gasteiger partial charge on any atom is -0.453 e. The highest BCUT2D eigenvalue weighted by molar-refractivity contribution is 5.67. The zero-order chi connectivity index (χ0) is 17.4. The zero-order valence-electron chi connectivity index (χ0n) is 14.9. The van der Waals surface area contributed by atoms with E-state index in [4.69, 9.17) is 9.47 Å². The molecule has 138 valence electrons. The standard InChI is InChI=1S/C16H30N4O4/c1-23-15(21)19-11-5-9-17(13-19)7-3-4-8-18-10-6-12-20(14-18)16(22)24-2/h3-14H2,1-2H3. The highest BCUT2D eigenvalue weighted by Crippen LogP contribution is 2.11. The molecule has 24 heavy (non-hydrogen) atoms. The molecule has 0 aromatic carbocycles. The lowest BCUT2D eigenvalue weighted by Crippen LogP contribution is -2.48. The Morgan fingerprint density at radius 2 is 1.17 bits per heavy atom. The number of ether oxygens (including phenoxy) is 2. The Morgan fingerprint density at radius 3 is 1.54 bits per heavy atom. The Bertz CT molecular complexity index is 383. The predicted octanol–water partition coefficient (Wildman–Crippen LogP) is 1.23. The average molecular weight is 342 g/mol. The van der Waals surface area contributed by atoms with Crippen LogP contribution in [0.15, 0.2) is 0 Å². The van der Waals surface area contributed by atoms with E-state index in [2.05, 4.69) is 9.80 Å². The van der Waals surface area contributed by atoms with Crippen molar-refractivity contribution in [1.29, 1.82) is 0 Å². The number of hydrogen-bond donors (Lipinski definition) is 0. The van der Waals surface area contributed by atoms with Gasteiger partial charge >= 0.3 is 12.2 Å². The van der Waals surface area contributed by atoms with E-state index in [9.17, 15) is 9.59 Å². The van der Waals surface area contributed by atoms with Gasteiger partial charge in [0.2, 0.25) is 0 Å². The van der Waals surface area contributed by atoms with Crippen LogP contribution >= 0.6 is 0 Å². The normalized spacial score (nSPS) is 20.1. The fourth-order valence-electron chi connectivity index (χ4n) is 3.33. The Balaban J connectivity index is 1.62. The first kappa shape index (κ1) is 18.8. The molecule has 8 nitrogen and oxygen atoms in total. The van der Waals surface area contributed by atoms with Crippen LogP contribution < -0.4 is 0 Å². The second kappa shape index (κ2) is 9.68. The van der Waals surface area contributed by atoms with Crippen LogP contribution in [-0.2, 0) is 9.47 Å². The Hall–Kier alpha value is -1.54. The lowest BCUT2D eigenvalue weighted by molar-refractivity contribution is 0.0572. The number of amides is 2. The maximum atomic E-state index is 11.6. The van der Waals surface area contributed by atoms with Crippen molar-refractivity contribution in [2.75, 3.05) is 66.8 Å². The third-order valence-corrected chi connectivity index (χ3v) is 4.61. The van der Waals surface area contributed by atoms with Gasteiger partial charge in [-0.15, -0.1) is 0 Å². The monoisotopic (exact) mass is 342 g/mol. The number of carbonyl (C=O) groups excluding carboxylic acids is 2. The van der Waals surface area contributed by atoms with E-state index in [0.29, 0.717) is 13.3 Å². The number of unbranched alkanes of at least 4 members (excludes halogenated alkanes) is 1. The molecule has 2 heterocycles. The second-order valence-electron chi connectivity index (χ2n) is 6.40. The van der Waals surface area contributed by atoms with E-state index in [0.717, 1.165) is 65.0 Å². The van der Waals surface area contributed by atoms with Gasteiger partial charge in [-0.25, -0.2) is 9.59 Å². The van der Waals surface area contributed by atoms with Gasteiger partial charge in [-0.05, 0) is 38.8 Å². The SMILES string of the molecule is COC(=O)N1CCCN(CCCCN2CCCN(C(=O)OC)C2)C1. The predicted molar refractivity (Wildman–Crippen MR) is 89.6 cm³/mol. The summed E-state index contributed by atoms with van der Waals surface area (Å²) < 4.78 is 9.59. The van der Waals surface area contributed by atoms with Crippen molar-refractivity contribution in [3.8, 4) is 0 Å². The first-order chi connectivity index (χ1) is 11.6. The van der Waals surface area contributed by atoms with E-state index in [1.165, 1.54) is 14.2 Å². The van der Waals surface area contributed by atoms with Crippen molar-refractivity contribution in [3.63, 3.8) is 0 Å². The largest absolute Gasteiger partial charge is 0.453 e. The summed E-state index contributed by atoms with van der Waals surface area (Å²) in [5, 5.41) is 0. The lowest BCUT2D eigenvalue weighted by atomic mass is 10.2. The minimum absolute atomic E-state index is 0.240. The molecule has 0 spiro atoms. The topological polar surface area (TPSA) is 65.6 Å². The molecule has 2 aliphatic rings. The van der Waals surface area contributed by atoms with Gasteiger partial charge in [0.05, 0.1) is 27.6 Å². The minimum atomic E-state index is -0.240. The van der Waals surface area contributed by atoms with Crippen LogP contribution in [0.1, 0.15) is 25.7 Å². The molecule has 0 saturated carbocycles. The first-order valence-corrected chi connectivity index (χ1v) is 8.74. The van der Waals surface area contributed by atoms with E-state index >= 15 is 0 Å². The molecule has 2 aliphatic heterocycles. The number of methoxy groups -OCH3 is 2. The number of hydrogen-bond acceptors (Lipinski definition) is 6. The third kappa shape index (κ3) is 5.52. The molecule has 0 atom stereocenters. The van der Waals surface area contributed by atoms with Crippen molar-refractivity contribution in [3.05, 3.63) is 0 Å². The van der Waals surface area contributed by atoms with E-state index in [1.54, 1.807) is 9.80 Å². The second-order valence-corrected chi connectivity index (χ2v) is 6.40. The van der Waals surface area contributed by atoms with E-state index in [1.807, 2.05) is 0 Å². The molecule has 2 amide bonds. The summed E-state index contributed by atoms with van der Waals surface area (Å²) in [4.78, 5) is 31.3. The van der Waals surface area contributed by atoms with E-state index in [-0.39, 0.29) is 12.2 Å². The molecule has 0 aromatic heterocycles. The van der Waals surface area contributed by atoms with Gasteiger partial charge in [-0.3, -0.25) is 19.6 Å². The third-order valence-electron chi connectivity index (χ3n) is 4.61. The summed E-state index contributed by atoms with van der Waals surface area (Å²) in [5.74, 6) is 0. The van der Waals surface area contributed by atoms with Gasteiger partial charge in [-0.2, -0.15) is 0 Å². The molecule has 2 rings (SSSR count). The molecule has 0 bridgehead atoms. The quantitative estimate of drug-likeness (QED) is 0.700. The molecule has 8 heteroatoms. The van der Waals surface area contributed by atoms with Gasteiger partial charge in [0.15, 0.2) is 0 Å². The summed E-state index contributed by atoms with van der Waals surface area (Å²) in [6, 6.07) is 0. The summed E-state index contributed by atoms with van der Waals surface area (Å²) >= 11 is 0. The molecule has 2 fully saturated rings. The summed E-state index contributed by atoms with van der Waals surface area (Å²) in [6.07, 6.45) is 3.69. The van der Waals surface area contributed by atoms with Gasteiger partial charge < -0.3 is 9.47 Å². The fourth-order valence-corrected chi connectivity index (χ4v) is 3.33. The van der Waals surface area contributed by atoms with Crippen molar-refractivity contribution in [1.82, 2.24) is 19.6 Å². The smallest absolute Gasteiger partial charge is 0.410 e. The van der Waals surface area contributed by atoms with Crippen molar-refractivity contribution >= 4 is 12.2 Å². The van der Waals surface area contributed by atoms with Crippen LogP contribution in [-0.4, -0.2) is 98.6 Å². The van der Waals surface area contributed by atoms with E-state index < -0.39 is 0 Å². The Morgan fingerprint density at radius 1 is 0.750 bits per heavy atom. The number of nitrogens with zero attached hydrogens (tertiary/aromatic N) is 4. The van der Waals surface area contributed by atoms with Crippen molar-refractivity contribution in [2.24, 2.45) is 0 Å². The molecule has 2 saturated heterocycles. The highest BCUT2D eigenvalue weighted by Gasteiger charge is 2.23. The van der Waals surface area contributed by atoms with Crippen LogP contribution in [0, 0.1) is 0 Å². The molecular weight excluding hydrogens is 312 g/mol.